The van der Waals surface area contributed by atoms with Crippen LogP contribution in [0.4, 0.5) is 0 Å². The minimum atomic E-state index is -2.87. The number of aliphatic hydroxyl groups is 3. The van der Waals surface area contributed by atoms with Crippen molar-refractivity contribution in [3.63, 3.8) is 0 Å². The third kappa shape index (κ3) is 8.73. The van der Waals surface area contributed by atoms with Crippen molar-refractivity contribution < 1.29 is 73.6 Å². The van der Waals surface area contributed by atoms with Crippen molar-refractivity contribution in [2.75, 3.05) is 19.8 Å². The van der Waals surface area contributed by atoms with Crippen molar-refractivity contribution in [2.45, 2.75) is 44.0 Å². The fourth-order valence-electron chi connectivity index (χ4n) is 4.52. The Hall–Kier alpha value is -4.08. The van der Waals surface area contributed by atoms with Gasteiger partial charge in [-0.25, -0.2) is 14.4 Å². The van der Waals surface area contributed by atoms with Gasteiger partial charge in [0.25, 0.3) is 0 Å². The number of aliphatic carboxylic acids is 3. The molecule has 0 aliphatic rings. The highest BCUT2D eigenvalue weighted by molar-refractivity contribution is 5.83. The number of esters is 3. The molecule has 0 fully saturated rings. The topological polar surface area (TPSA) is 251 Å². The predicted molar refractivity (Wildman–Crippen MR) is 128 cm³/mol. The molecule has 0 saturated carbocycles. The molecule has 0 aromatic heterocycles. The van der Waals surface area contributed by atoms with Crippen LogP contribution in [0.2, 0.25) is 0 Å². The normalized spacial score (nSPS) is 14.8. The Labute approximate surface area is 222 Å². The van der Waals surface area contributed by atoms with Gasteiger partial charge < -0.3 is 44.8 Å². The molecule has 0 bridgehead atoms. The van der Waals surface area contributed by atoms with Gasteiger partial charge in [0.05, 0.1) is 37.9 Å². The summed E-state index contributed by atoms with van der Waals surface area (Å²) in [6.07, 6.45) is -9.76. The number of hydrogen-bond acceptors (Lipinski definition) is 12. The number of ether oxygens (including phenoxy) is 3. The smallest absolute Gasteiger partial charge is 0.330 e. The van der Waals surface area contributed by atoms with Gasteiger partial charge in [-0.2, -0.15) is 0 Å². The van der Waals surface area contributed by atoms with E-state index in [2.05, 4.69) is 19.7 Å². The van der Waals surface area contributed by atoms with Gasteiger partial charge in [0, 0.05) is 30.2 Å². The fraction of sp³-hybridized carbons (Fsp3) is 0.500. The van der Waals surface area contributed by atoms with Crippen LogP contribution in [0.3, 0.4) is 0 Å². The second-order valence-corrected chi connectivity index (χ2v) is 8.19. The highest BCUT2D eigenvalue weighted by Gasteiger charge is 2.68. The highest BCUT2D eigenvalue weighted by atomic mass is 16.6. The molecule has 6 N–H and O–H groups in total. The average Bonchev–Trinajstić information content (AvgIpc) is 2.86. The minimum Gasteiger partial charge on any atom is -0.481 e. The zero-order valence-corrected chi connectivity index (χ0v) is 20.9. The summed E-state index contributed by atoms with van der Waals surface area (Å²) in [5.41, 5.74) is -5.31. The molecule has 0 aromatic carbocycles. The van der Waals surface area contributed by atoms with E-state index in [4.69, 9.17) is 14.2 Å². The SMILES string of the molecule is C=CC(=O)OC(CC(=O)O)C(C(CC(=O)O)OC(=O)C=C)(C(CC(=O)O)OC(=O)C=C)C(CO)(CO)CCO. The van der Waals surface area contributed by atoms with E-state index in [-0.39, 0.29) is 0 Å². The van der Waals surface area contributed by atoms with Crippen molar-refractivity contribution in [1.82, 2.24) is 0 Å². The Bertz CT molecular complexity index is 847. The average molecular weight is 561 g/mol. The lowest BCUT2D eigenvalue weighted by Gasteiger charge is -2.57. The number of carboxylic acid groups (broad SMARTS) is 3. The van der Waals surface area contributed by atoms with Gasteiger partial charge in [-0.15, -0.1) is 0 Å². The molecule has 39 heavy (non-hydrogen) atoms. The molecule has 0 spiro atoms. The number of carbonyl (C=O) groups excluding carboxylic acids is 3. The van der Waals surface area contributed by atoms with Crippen LogP contribution in [-0.4, -0.2) is 105 Å². The molecule has 0 amide bonds. The number of rotatable bonds is 20. The Morgan fingerprint density at radius 3 is 1.08 bits per heavy atom. The van der Waals surface area contributed by atoms with Gasteiger partial charge in [0.15, 0.2) is 0 Å². The summed E-state index contributed by atoms with van der Waals surface area (Å²) in [4.78, 5) is 73.0. The molecule has 0 radical (unpaired) electrons. The lowest BCUT2D eigenvalue weighted by atomic mass is 9.52. The molecule has 0 saturated heterocycles. The monoisotopic (exact) mass is 560 g/mol. The second-order valence-electron chi connectivity index (χ2n) is 8.19. The standard InChI is InChI=1S/C24H32O15/c1-4-20(34)37-14(9-17(28)29)24(23(12-26,13-27)7-8-25,15(10-18(30)31)38-21(35)5-2)16(11-19(32)33)39-22(36)6-3/h4-6,14-16,25-27H,1-3,7-13H2,(H,28,29)(H,30,31)(H,32,33). The quantitative estimate of drug-likeness (QED) is 0.0596. The maximum atomic E-state index is 12.4. The number of carboxylic acids is 3. The van der Waals surface area contributed by atoms with Gasteiger partial charge in [-0.05, 0) is 6.42 Å². The lowest BCUT2D eigenvalue weighted by molar-refractivity contribution is -0.252. The molecule has 15 nitrogen and oxygen atoms in total. The molecule has 15 heteroatoms. The zero-order chi connectivity index (χ0) is 30.4. The molecule has 3 unspecified atom stereocenters. The third-order valence-electron chi connectivity index (χ3n) is 6.07. The number of aliphatic hydroxyl groups excluding tert-OH is 3. The summed E-state index contributed by atoms with van der Waals surface area (Å²) < 4.78 is 15.7. The maximum Gasteiger partial charge on any atom is 0.330 e. The molecule has 0 aromatic rings. The van der Waals surface area contributed by atoms with Gasteiger partial charge in [-0.1, -0.05) is 19.7 Å². The first-order chi connectivity index (χ1) is 18.2. The van der Waals surface area contributed by atoms with Gasteiger partial charge in [-0.3, -0.25) is 14.4 Å². The van der Waals surface area contributed by atoms with E-state index in [9.17, 15) is 59.4 Å². The minimum absolute atomic E-state index is 0.565. The molecule has 0 aliphatic carbocycles. The van der Waals surface area contributed by atoms with Gasteiger partial charge in [0.1, 0.15) is 18.3 Å². The van der Waals surface area contributed by atoms with Crippen molar-refractivity contribution in [1.29, 1.82) is 0 Å². The largest absolute Gasteiger partial charge is 0.481 e. The van der Waals surface area contributed by atoms with Crippen LogP contribution < -0.4 is 0 Å². The van der Waals surface area contributed by atoms with Crippen LogP contribution in [0.5, 0.6) is 0 Å². The van der Waals surface area contributed by atoms with Gasteiger partial charge >= 0.3 is 35.8 Å². The van der Waals surface area contributed by atoms with Gasteiger partial charge in [0.2, 0.25) is 0 Å². The Morgan fingerprint density at radius 2 is 0.897 bits per heavy atom. The van der Waals surface area contributed by atoms with Crippen molar-refractivity contribution in [3.8, 4) is 0 Å². The first-order valence-electron chi connectivity index (χ1n) is 11.2. The summed E-state index contributed by atoms with van der Waals surface area (Å²) >= 11 is 0. The summed E-state index contributed by atoms with van der Waals surface area (Å²) in [7, 11) is 0. The second kappa shape index (κ2) is 16.0. The van der Waals surface area contributed by atoms with Crippen molar-refractivity contribution >= 4 is 35.8 Å². The number of carbonyl (C=O) groups is 6. The molecular weight excluding hydrogens is 528 g/mol. The lowest BCUT2D eigenvalue weighted by Crippen LogP contribution is -2.69. The molecule has 3 atom stereocenters. The maximum absolute atomic E-state index is 12.4. The van der Waals surface area contributed by atoms with E-state index in [0.717, 1.165) is 0 Å². The van der Waals surface area contributed by atoms with E-state index >= 15 is 0 Å². The van der Waals surface area contributed by atoms with E-state index in [1.165, 1.54) is 0 Å². The van der Waals surface area contributed by atoms with E-state index in [1.807, 2.05) is 0 Å². The van der Waals surface area contributed by atoms with Crippen LogP contribution in [-0.2, 0) is 43.0 Å². The van der Waals surface area contributed by atoms with E-state index < -0.39 is 110 Å². The van der Waals surface area contributed by atoms with Crippen LogP contribution in [0, 0.1) is 10.8 Å². The predicted octanol–water partition coefficient (Wildman–Crippen LogP) is -0.956. The third-order valence-corrected chi connectivity index (χ3v) is 6.07. The molecule has 218 valence electrons. The van der Waals surface area contributed by atoms with Crippen LogP contribution in [0.15, 0.2) is 38.0 Å². The molecule has 0 aliphatic heterocycles. The Balaban J connectivity index is 8.37. The zero-order valence-electron chi connectivity index (χ0n) is 20.9. The van der Waals surface area contributed by atoms with Crippen molar-refractivity contribution in [2.24, 2.45) is 10.8 Å². The Kier molecular flexibility index (Phi) is 14.3. The molecule has 0 heterocycles. The summed E-state index contributed by atoms with van der Waals surface area (Å²) in [5.74, 6) is -9.22. The highest BCUT2D eigenvalue weighted by Crippen LogP contribution is 2.55. The van der Waals surface area contributed by atoms with E-state index in [0.29, 0.717) is 18.2 Å². The first kappa shape index (κ1) is 34.9. The number of hydrogen-bond donors (Lipinski definition) is 6. The molecular formula is C24H32O15. The fourth-order valence-corrected chi connectivity index (χ4v) is 4.52. The molecule has 0 rings (SSSR count). The van der Waals surface area contributed by atoms with E-state index in [1.54, 1.807) is 0 Å². The Morgan fingerprint density at radius 1 is 0.615 bits per heavy atom. The van der Waals surface area contributed by atoms with Crippen LogP contribution in [0.1, 0.15) is 25.7 Å². The summed E-state index contributed by atoms with van der Waals surface area (Å²) in [6, 6.07) is 0. The van der Waals surface area contributed by atoms with Crippen LogP contribution in [0.25, 0.3) is 0 Å². The summed E-state index contributed by atoms with van der Waals surface area (Å²) in [5, 5.41) is 60.1. The van der Waals surface area contributed by atoms with Crippen LogP contribution >= 0.6 is 0 Å². The first-order valence-corrected chi connectivity index (χ1v) is 11.2. The van der Waals surface area contributed by atoms with Crippen molar-refractivity contribution in [3.05, 3.63) is 38.0 Å². The summed E-state index contributed by atoms with van der Waals surface area (Å²) in [6.45, 7) is 6.05.